The molecule has 0 bridgehead atoms. The molecule has 104 valence electrons. The molecule has 0 amide bonds. The third-order valence-electron chi connectivity index (χ3n) is 4.51. The average Bonchev–Trinajstić information content (AvgIpc) is 2.46. The number of rotatable bonds is 5. The van der Waals surface area contributed by atoms with Crippen molar-refractivity contribution in [2.75, 3.05) is 0 Å². The molecule has 1 aromatic rings. The van der Waals surface area contributed by atoms with Crippen molar-refractivity contribution in [2.24, 2.45) is 0 Å². The van der Waals surface area contributed by atoms with E-state index in [1.54, 1.807) is 6.92 Å². The van der Waals surface area contributed by atoms with Crippen molar-refractivity contribution in [3.8, 4) is 0 Å². The molecule has 1 fully saturated rings. The monoisotopic (exact) mass is 258 g/mol. The summed E-state index contributed by atoms with van der Waals surface area (Å²) in [4.78, 5) is 11.3. The first-order chi connectivity index (χ1) is 9.20. The van der Waals surface area contributed by atoms with E-state index in [0.29, 0.717) is 18.1 Å². The van der Waals surface area contributed by atoms with Crippen molar-refractivity contribution in [1.29, 1.82) is 0 Å². The quantitative estimate of drug-likeness (QED) is 0.708. The minimum absolute atomic E-state index is 0.295. The summed E-state index contributed by atoms with van der Waals surface area (Å²) < 4.78 is 0. The number of carbonyl (C=O) groups is 1. The van der Waals surface area contributed by atoms with Gasteiger partial charge in [0, 0.05) is 6.42 Å². The van der Waals surface area contributed by atoms with Crippen molar-refractivity contribution in [3.63, 3.8) is 0 Å². The van der Waals surface area contributed by atoms with Gasteiger partial charge in [0.1, 0.15) is 5.78 Å². The standard InChI is InChI=1S/C18H26O/c1-3-15(13-14(2)19)17-9-11-18(12-10-17)16-7-5-4-6-8-16/h9-12,15-16H,3-8,13H2,1-2H3. The molecule has 1 heteroatoms. The van der Waals surface area contributed by atoms with Crippen molar-refractivity contribution in [3.05, 3.63) is 35.4 Å². The summed E-state index contributed by atoms with van der Waals surface area (Å²) in [5.41, 5.74) is 2.83. The molecule has 1 aliphatic carbocycles. The molecular formula is C18H26O. The molecule has 0 spiro atoms. The zero-order valence-corrected chi connectivity index (χ0v) is 12.3. The minimum atomic E-state index is 0.295. The van der Waals surface area contributed by atoms with Gasteiger partial charge in [-0.1, -0.05) is 50.5 Å². The summed E-state index contributed by atoms with van der Waals surface area (Å²) in [7, 11) is 0. The largest absolute Gasteiger partial charge is 0.300 e. The molecule has 1 nitrogen and oxygen atoms in total. The lowest BCUT2D eigenvalue weighted by Gasteiger charge is -2.22. The Morgan fingerprint density at radius 1 is 1.16 bits per heavy atom. The fourth-order valence-electron chi connectivity index (χ4n) is 3.32. The summed E-state index contributed by atoms with van der Waals surface area (Å²) in [6.07, 6.45) is 8.60. The SMILES string of the molecule is CCC(CC(C)=O)c1ccc(C2CCCCC2)cc1. The Labute approximate surface area is 117 Å². The highest BCUT2D eigenvalue weighted by Gasteiger charge is 2.16. The molecule has 19 heavy (non-hydrogen) atoms. The first-order valence-corrected chi connectivity index (χ1v) is 7.80. The molecule has 1 aliphatic rings. The molecule has 1 aromatic carbocycles. The third kappa shape index (κ3) is 3.92. The first-order valence-electron chi connectivity index (χ1n) is 7.80. The molecule has 1 unspecified atom stereocenters. The number of ketones is 1. The van der Waals surface area contributed by atoms with Crippen LogP contribution < -0.4 is 0 Å². The predicted molar refractivity (Wildman–Crippen MR) is 80.6 cm³/mol. The highest BCUT2D eigenvalue weighted by Crippen LogP contribution is 2.33. The third-order valence-corrected chi connectivity index (χ3v) is 4.51. The molecular weight excluding hydrogens is 232 g/mol. The van der Waals surface area contributed by atoms with Gasteiger partial charge in [0.15, 0.2) is 0 Å². The van der Waals surface area contributed by atoms with Gasteiger partial charge in [0.2, 0.25) is 0 Å². The number of hydrogen-bond acceptors (Lipinski definition) is 1. The fraction of sp³-hybridized carbons (Fsp3) is 0.611. The van der Waals surface area contributed by atoms with E-state index in [1.165, 1.54) is 43.2 Å². The zero-order valence-electron chi connectivity index (χ0n) is 12.3. The summed E-state index contributed by atoms with van der Waals surface area (Å²) >= 11 is 0. The molecule has 0 aliphatic heterocycles. The maximum atomic E-state index is 11.3. The average molecular weight is 258 g/mol. The highest BCUT2D eigenvalue weighted by atomic mass is 16.1. The van der Waals surface area contributed by atoms with Crippen LogP contribution in [0.5, 0.6) is 0 Å². The Morgan fingerprint density at radius 3 is 2.32 bits per heavy atom. The molecule has 2 rings (SSSR count). The van der Waals surface area contributed by atoms with E-state index in [-0.39, 0.29) is 0 Å². The summed E-state index contributed by atoms with van der Waals surface area (Å²) in [5, 5.41) is 0. The van der Waals surface area contributed by atoms with Gasteiger partial charge in [-0.15, -0.1) is 0 Å². The molecule has 0 saturated heterocycles. The summed E-state index contributed by atoms with van der Waals surface area (Å²) in [6, 6.07) is 9.10. The fourth-order valence-corrected chi connectivity index (χ4v) is 3.32. The number of hydrogen-bond donors (Lipinski definition) is 0. The summed E-state index contributed by atoms with van der Waals surface area (Å²) in [5.74, 6) is 1.47. The highest BCUT2D eigenvalue weighted by molar-refractivity contribution is 5.76. The molecule has 0 aromatic heterocycles. The van der Waals surface area contributed by atoms with Gasteiger partial charge >= 0.3 is 0 Å². The molecule has 1 saturated carbocycles. The lowest BCUT2D eigenvalue weighted by Crippen LogP contribution is -2.06. The molecule has 0 radical (unpaired) electrons. The first kappa shape index (κ1) is 14.3. The molecule has 1 atom stereocenters. The van der Waals surface area contributed by atoms with Gasteiger partial charge in [-0.3, -0.25) is 0 Å². The Balaban J connectivity index is 2.05. The van der Waals surface area contributed by atoms with E-state index in [1.807, 2.05) is 0 Å². The normalized spacial score (nSPS) is 18.2. The Bertz CT molecular complexity index is 398. The molecule has 0 heterocycles. The van der Waals surface area contributed by atoms with Crippen molar-refractivity contribution < 1.29 is 4.79 Å². The maximum absolute atomic E-state index is 11.3. The van der Waals surface area contributed by atoms with Crippen LogP contribution in [-0.2, 0) is 4.79 Å². The van der Waals surface area contributed by atoms with Crippen LogP contribution in [0, 0.1) is 0 Å². The van der Waals surface area contributed by atoms with Crippen LogP contribution in [0.3, 0.4) is 0 Å². The predicted octanol–water partition coefficient (Wildman–Crippen LogP) is 5.21. The van der Waals surface area contributed by atoms with Gasteiger partial charge in [-0.05, 0) is 49.1 Å². The second kappa shape index (κ2) is 6.88. The van der Waals surface area contributed by atoms with Crippen molar-refractivity contribution >= 4 is 5.78 Å². The van der Waals surface area contributed by atoms with E-state index >= 15 is 0 Å². The van der Waals surface area contributed by atoms with Crippen LogP contribution in [-0.4, -0.2) is 5.78 Å². The van der Waals surface area contributed by atoms with Crippen LogP contribution in [0.25, 0.3) is 0 Å². The lowest BCUT2D eigenvalue weighted by molar-refractivity contribution is -0.117. The Hall–Kier alpha value is -1.11. The number of carbonyl (C=O) groups excluding carboxylic acids is 1. The number of benzene rings is 1. The maximum Gasteiger partial charge on any atom is 0.130 e. The lowest BCUT2D eigenvalue weighted by atomic mass is 9.83. The smallest absolute Gasteiger partial charge is 0.130 e. The van der Waals surface area contributed by atoms with Gasteiger partial charge in [-0.25, -0.2) is 0 Å². The second-order valence-electron chi connectivity index (χ2n) is 6.01. The molecule has 0 N–H and O–H groups in total. The topological polar surface area (TPSA) is 17.1 Å². The van der Waals surface area contributed by atoms with Gasteiger partial charge in [-0.2, -0.15) is 0 Å². The van der Waals surface area contributed by atoms with Gasteiger partial charge < -0.3 is 4.79 Å². The van der Waals surface area contributed by atoms with E-state index in [4.69, 9.17) is 0 Å². The Morgan fingerprint density at radius 2 is 1.79 bits per heavy atom. The second-order valence-corrected chi connectivity index (χ2v) is 6.01. The summed E-state index contributed by atoms with van der Waals surface area (Å²) in [6.45, 7) is 3.86. The van der Waals surface area contributed by atoms with Crippen LogP contribution in [0.2, 0.25) is 0 Å². The van der Waals surface area contributed by atoms with Crippen LogP contribution >= 0.6 is 0 Å². The number of Topliss-reactive ketones (excluding diaryl/α,β-unsaturated/α-hetero) is 1. The van der Waals surface area contributed by atoms with Crippen LogP contribution in [0.1, 0.15) is 81.8 Å². The van der Waals surface area contributed by atoms with Crippen LogP contribution in [0.4, 0.5) is 0 Å². The van der Waals surface area contributed by atoms with Crippen molar-refractivity contribution in [1.82, 2.24) is 0 Å². The van der Waals surface area contributed by atoms with E-state index < -0.39 is 0 Å². The van der Waals surface area contributed by atoms with Crippen molar-refractivity contribution in [2.45, 2.75) is 70.6 Å². The van der Waals surface area contributed by atoms with Gasteiger partial charge in [0.25, 0.3) is 0 Å². The van der Waals surface area contributed by atoms with Gasteiger partial charge in [0.05, 0.1) is 0 Å². The Kier molecular flexibility index (Phi) is 5.18. The van der Waals surface area contributed by atoms with Crippen LogP contribution in [0.15, 0.2) is 24.3 Å². The zero-order chi connectivity index (χ0) is 13.7. The van der Waals surface area contributed by atoms with E-state index in [2.05, 4.69) is 31.2 Å². The minimum Gasteiger partial charge on any atom is -0.300 e. The van der Waals surface area contributed by atoms with E-state index in [0.717, 1.165) is 12.3 Å². The van der Waals surface area contributed by atoms with E-state index in [9.17, 15) is 4.79 Å².